The van der Waals surface area contributed by atoms with Gasteiger partial charge in [0, 0.05) is 38.5 Å². The number of amides is 1. The van der Waals surface area contributed by atoms with E-state index in [1.165, 1.54) is 11.1 Å². The predicted molar refractivity (Wildman–Crippen MR) is 112 cm³/mol. The normalized spacial score (nSPS) is 20.0. The lowest BCUT2D eigenvalue weighted by molar-refractivity contribution is -0.127. The van der Waals surface area contributed by atoms with Gasteiger partial charge >= 0.3 is 0 Å². The molecule has 2 aromatic rings. The van der Waals surface area contributed by atoms with Crippen molar-refractivity contribution < 1.29 is 9.53 Å². The van der Waals surface area contributed by atoms with Gasteiger partial charge in [-0.15, -0.1) is 12.4 Å². The van der Waals surface area contributed by atoms with Crippen molar-refractivity contribution in [1.29, 1.82) is 0 Å². The first kappa shape index (κ1) is 21.3. The van der Waals surface area contributed by atoms with E-state index in [0.29, 0.717) is 11.8 Å². The second-order valence-electron chi connectivity index (χ2n) is 7.11. The molecule has 1 aliphatic heterocycles. The summed E-state index contributed by atoms with van der Waals surface area (Å²) in [6.07, 6.45) is 0. The Bertz CT molecular complexity index is 738. The number of rotatable bonds is 6. The van der Waals surface area contributed by atoms with Crippen LogP contribution in [0.15, 0.2) is 54.6 Å². The molecule has 0 spiro atoms. The Labute approximate surface area is 168 Å². The summed E-state index contributed by atoms with van der Waals surface area (Å²) in [5.41, 5.74) is 2.53. The van der Waals surface area contributed by atoms with Gasteiger partial charge in [-0.25, -0.2) is 0 Å². The molecular weight excluding hydrogens is 360 g/mol. The molecule has 1 N–H and O–H groups in total. The SMILES string of the molecule is COc1cccc([C@@H](C)NCC2CN(C(C)=O)CC2c2ccccc2)c1.Cl. The minimum absolute atomic E-state index is 0. The number of nitrogens with one attached hydrogen (secondary N) is 1. The molecule has 5 heteroatoms. The summed E-state index contributed by atoms with van der Waals surface area (Å²) in [4.78, 5) is 13.9. The zero-order valence-corrected chi connectivity index (χ0v) is 17.0. The molecule has 2 unspecified atom stereocenters. The van der Waals surface area contributed by atoms with Crippen LogP contribution < -0.4 is 10.1 Å². The first-order chi connectivity index (χ1) is 12.6. The third kappa shape index (κ3) is 5.24. The molecule has 1 heterocycles. The standard InChI is InChI=1S/C22H28N2O2.ClH/c1-16(19-10-7-11-21(12-19)26-3)23-13-20-14-24(17(2)25)15-22(20)18-8-5-4-6-9-18;/h4-12,16,20,22-23H,13-15H2,1-3H3;1H/t16-,20?,22?;/m1./s1. The highest BCUT2D eigenvalue weighted by Gasteiger charge is 2.34. The molecule has 3 atom stereocenters. The van der Waals surface area contributed by atoms with E-state index in [2.05, 4.69) is 48.6 Å². The molecule has 27 heavy (non-hydrogen) atoms. The van der Waals surface area contributed by atoms with Gasteiger partial charge < -0.3 is 15.0 Å². The Morgan fingerprint density at radius 3 is 2.59 bits per heavy atom. The van der Waals surface area contributed by atoms with Crippen LogP contribution in [0.1, 0.15) is 36.9 Å². The van der Waals surface area contributed by atoms with Gasteiger partial charge in [-0.1, -0.05) is 42.5 Å². The highest BCUT2D eigenvalue weighted by atomic mass is 35.5. The molecule has 1 aliphatic rings. The molecule has 146 valence electrons. The lowest BCUT2D eigenvalue weighted by atomic mass is 9.88. The number of likely N-dealkylation sites (tertiary alicyclic amines) is 1. The fourth-order valence-corrected chi connectivity index (χ4v) is 3.77. The Balaban J connectivity index is 0.00000261. The minimum atomic E-state index is 0. The van der Waals surface area contributed by atoms with Gasteiger partial charge in [0.25, 0.3) is 0 Å². The number of benzene rings is 2. The van der Waals surface area contributed by atoms with E-state index in [1.807, 2.05) is 23.1 Å². The fraction of sp³-hybridized carbons (Fsp3) is 0.409. The topological polar surface area (TPSA) is 41.6 Å². The van der Waals surface area contributed by atoms with Gasteiger partial charge in [0.1, 0.15) is 5.75 Å². The molecule has 1 amide bonds. The number of halogens is 1. The van der Waals surface area contributed by atoms with E-state index in [-0.39, 0.29) is 24.4 Å². The fourth-order valence-electron chi connectivity index (χ4n) is 3.77. The molecule has 0 bridgehead atoms. The predicted octanol–water partition coefficient (Wildman–Crippen LogP) is 4.03. The van der Waals surface area contributed by atoms with Crippen molar-refractivity contribution in [3.63, 3.8) is 0 Å². The van der Waals surface area contributed by atoms with Crippen LogP contribution >= 0.6 is 12.4 Å². The van der Waals surface area contributed by atoms with Crippen molar-refractivity contribution in [3.05, 3.63) is 65.7 Å². The average molecular weight is 389 g/mol. The highest BCUT2D eigenvalue weighted by molar-refractivity contribution is 5.85. The van der Waals surface area contributed by atoms with Gasteiger partial charge in [0.2, 0.25) is 5.91 Å². The van der Waals surface area contributed by atoms with Crippen molar-refractivity contribution in [2.45, 2.75) is 25.8 Å². The molecule has 4 nitrogen and oxygen atoms in total. The zero-order valence-electron chi connectivity index (χ0n) is 16.2. The second kappa shape index (κ2) is 9.77. The number of hydrogen-bond acceptors (Lipinski definition) is 3. The van der Waals surface area contributed by atoms with Gasteiger partial charge in [-0.05, 0) is 36.1 Å². The number of methoxy groups -OCH3 is 1. The number of hydrogen-bond donors (Lipinski definition) is 1. The van der Waals surface area contributed by atoms with E-state index in [4.69, 9.17) is 4.74 Å². The van der Waals surface area contributed by atoms with E-state index >= 15 is 0 Å². The van der Waals surface area contributed by atoms with Gasteiger partial charge in [-0.2, -0.15) is 0 Å². The summed E-state index contributed by atoms with van der Waals surface area (Å²) >= 11 is 0. The van der Waals surface area contributed by atoms with Crippen molar-refractivity contribution in [2.24, 2.45) is 5.92 Å². The van der Waals surface area contributed by atoms with E-state index in [0.717, 1.165) is 25.4 Å². The molecular formula is C22H29ClN2O2. The maximum Gasteiger partial charge on any atom is 0.219 e. The number of carbonyl (C=O) groups is 1. The largest absolute Gasteiger partial charge is 0.497 e. The summed E-state index contributed by atoms with van der Waals surface area (Å²) < 4.78 is 5.33. The first-order valence-electron chi connectivity index (χ1n) is 9.26. The third-order valence-corrected chi connectivity index (χ3v) is 5.39. The smallest absolute Gasteiger partial charge is 0.219 e. The lowest BCUT2D eigenvalue weighted by Gasteiger charge is -2.22. The van der Waals surface area contributed by atoms with Gasteiger partial charge in [-0.3, -0.25) is 4.79 Å². The molecule has 0 radical (unpaired) electrons. The number of carbonyl (C=O) groups excluding carboxylic acids is 1. The third-order valence-electron chi connectivity index (χ3n) is 5.39. The lowest BCUT2D eigenvalue weighted by Crippen LogP contribution is -2.30. The maximum absolute atomic E-state index is 11.9. The van der Waals surface area contributed by atoms with Gasteiger partial charge in [0.15, 0.2) is 0 Å². The Morgan fingerprint density at radius 1 is 1.19 bits per heavy atom. The summed E-state index contributed by atoms with van der Waals surface area (Å²) in [5.74, 6) is 1.83. The Kier molecular flexibility index (Phi) is 7.69. The van der Waals surface area contributed by atoms with Crippen LogP contribution in [-0.4, -0.2) is 37.6 Å². The van der Waals surface area contributed by atoms with E-state index in [9.17, 15) is 4.79 Å². The van der Waals surface area contributed by atoms with Crippen LogP contribution in [0, 0.1) is 5.92 Å². The minimum Gasteiger partial charge on any atom is -0.497 e. The van der Waals surface area contributed by atoms with Crippen molar-refractivity contribution in [3.8, 4) is 5.75 Å². The van der Waals surface area contributed by atoms with Crippen LogP contribution in [0.5, 0.6) is 5.75 Å². The van der Waals surface area contributed by atoms with Crippen molar-refractivity contribution in [2.75, 3.05) is 26.7 Å². The monoisotopic (exact) mass is 388 g/mol. The van der Waals surface area contributed by atoms with Crippen molar-refractivity contribution >= 4 is 18.3 Å². The van der Waals surface area contributed by atoms with E-state index in [1.54, 1.807) is 14.0 Å². The molecule has 0 aliphatic carbocycles. The molecule has 3 rings (SSSR count). The highest BCUT2D eigenvalue weighted by Crippen LogP contribution is 2.33. The quantitative estimate of drug-likeness (QED) is 0.812. The molecule has 1 fully saturated rings. The molecule has 1 saturated heterocycles. The summed E-state index contributed by atoms with van der Waals surface area (Å²) in [7, 11) is 1.69. The number of ether oxygens (including phenoxy) is 1. The summed E-state index contributed by atoms with van der Waals surface area (Å²) in [5, 5.41) is 3.66. The molecule has 0 saturated carbocycles. The van der Waals surface area contributed by atoms with Crippen molar-refractivity contribution in [1.82, 2.24) is 10.2 Å². The Morgan fingerprint density at radius 2 is 1.93 bits per heavy atom. The van der Waals surface area contributed by atoms with E-state index < -0.39 is 0 Å². The molecule has 2 aromatic carbocycles. The second-order valence-corrected chi connectivity index (χ2v) is 7.11. The van der Waals surface area contributed by atoms with Crippen LogP contribution in [0.25, 0.3) is 0 Å². The number of nitrogens with zero attached hydrogens (tertiary/aromatic N) is 1. The van der Waals surface area contributed by atoms with Crippen LogP contribution in [-0.2, 0) is 4.79 Å². The van der Waals surface area contributed by atoms with Crippen LogP contribution in [0.3, 0.4) is 0 Å². The average Bonchev–Trinajstić information content (AvgIpc) is 3.11. The first-order valence-corrected chi connectivity index (χ1v) is 9.26. The zero-order chi connectivity index (χ0) is 18.5. The Hall–Kier alpha value is -2.04. The maximum atomic E-state index is 11.9. The summed E-state index contributed by atoms with van der Waals surface area (Å²) in [6, 6.07) is 18.9. The summed E-state index contributed by atoms with van der Waals surface area (Å²) in [6.45, 7) is 6.33. The van der Waals surface area contributed by atoms with Crippen LogP contribution in [0.4, 0.5) is 0 Å². The van der Waals surface area contributed by atoms with Gasteiger partial charge in [0.05, 0.1) is 7.11 Å². The van der Waals surface area contributed by atoms with Crippen LogP contribution in [0.2, 0.25) is 0 Å². The molecule has 0 aromatic heterocycles.